The molecule has 1 heterocycles. The van der Waals surface area contributed by atoms with E-state index in [1.54, 1.807) is 26.2 Å². The number of nitrogens with one attached hydrogen (secondary N) is 2. The van der Waals surface area contributed by atoms with Gasteiger partial charge in [0.25, 0.3) is 0 Å². The summed E-state index contributed by atoms with van der Waals surface area (Å²) in [5, 5.41) is 10.2. The highest BCUT2D eigenvalue weighted by molar-refractivity contribution is 6.31. The van der Waals surface area contributed by atoms with Crippen molar-refractivity contribution in [2.75, 3.05) is 24.3 Å². The van der Waals surface area contributed by atoms with Crippen molar-refractivity contribution in [3.8, 4) is 5.75 Å². The van der Waals surface area contributed by atoms with Gasteiger partial charge in [0.1, 0.15) is 11.5 Å². The van der Waals surface area contributed by atoms with Gasteiger partial charge in [-0.25, -0.2) is 0 Å². The van der Waals surface area contributed by atoms with Crippen LogP contribution in [0.1, 0.15) is 17.7 Å². The Morgan fingerprint density at radius 2 is 2.14 bits per heavy atom. The highest BCUT2D eigenvalue weighted by atomic mass is 35.5. The number of halogens is 1. The second-order valence-electron chi connectivity index (χ2n) is 4.85. The molecule has 0 atom stereocenters. The summed E-state index contributed by atoms with van der Waals surface area (Å²) >= 11 is 6.05. The molecule has 1 amide bonds. The lowest BCUT2D eigenvalue weighted by Crippen LogP contribution is -2.16. The Bertz CT molecular complexity index is 670. The van der Waals surface area contributed by atoms with Crippen LogP contribution in [0.2, 0.25) is 5.02 Å². The monoisotopic (exact) mass is 323 g/mol. The smallest absolute Gasteiger partial charge is 0.227 e. The fraction of sp³-hybridized carbons (Fsp3) is 0.333. The van der Waals surface area contributed by atoms with Crippen LogP contribution in [-0.4, -0.2) is 24.7 Å². The number of hydrogen-bond donors (Lipinski definition) is 2. The summed E-state index contributed by atoms with van der Waals surface area (Å²) in [4.78, 5) is 11.8. The third-order valence-electron chi connectivity index (χ3n) is 3.04. The maximum atomic E-state index is 11.8. The first-order valence-electron chi connectivity index (χ1n) is 6.80. The predicted molar refractivity (Wildman–Crippen MR) is 85.7 cm³/mol. The van der Waals surface area contributed by atoms with E-state index in [4.69, 9.17) is 20.9 Å². The Labute approximate surface area is 133 Å². The summed E-state index contributed by atoms with van der Waals surface area (Å²) in [6.45, 7) is 4.13. The van der Waals surface area contributed by atoms with Gasteiger partial charge in [0.05, 0.1) is 12.8 Å². The van der Waals surface area contributed by atoms with Crippen molar-refractivity contribution in [1.82, 2.24) is 5.16 Å². The van der Waals surface area contributed by atoms with Gasteiger partial charge in [-0.15, -0.1) is 0 Å². The molecule has 118 valence electrons. The number of carbonyl (C=O) groups is 1. The Kier molecular flexibility index (Phi) is 5.27. The summed E-state index contributed by atoms with van der Waals surface area (Å²) in [7, 11) is 1.58. The summed E-state index contributed by atoms with van der Waals surface area (Å²) in [5.41, 5.74) is 1.74. The number of ether oxygens (including phenoxy) is 1. The average Bonchev–Trinajstić information content (AvgIpc) is 2.87. The molecule has 0 aliphatic rings. The van der Waals surface area contributed by atoms with Crippen molar-refractivity contribution in [1.29, 1.82) is 0 Å². The molecule has 0 saturated heterocycles. The maximum Gasteiger partial charge on any atom is 0.227 e. The van der Waals surface area contributed by atoms with Gasteiger partial charge in [-0.1, -0.05) is 16.8 Å². The zero-order valence-electron chi connectivity index (χ0n) is 12.7. The number of anilines is 2. The van der Waals surface area contributed by atoms with E-state index in [2.05, 4.69) is 15.8 Å². The Morgan fingerprint density at radius 1 is 1.36 bits per heavy atom. The van der Waals surface area contributed by atoms with Crippen molar-refractivity contribution < 1.29 is 14.1 Å². The molecule has 0 saturated carbocycles. The first kappa shape index (κ1) is 16.2. The van der Waals surface area contributed by atoms with E-state index in [0.717, 1.165) is 11.3 Å². The summed E-state index contributed by atoms with van der Waals surface area (Å²) in [6.07, 6.45) is 0.288. The lowest BCUT2D eigenvalue weighted by Gasteiger charge is -2.12. The minimum Gasteiger partial charge on any atom is -0.495 e. The molecule has 0 spiro atoms. The molecule has 1 aromatic carbocycles. The molecule has 0 unspecified atom stereocenters. The standard InChI is InChI=1S/C15H18ClN3O3/c1-9-6-12(13(21-3)8-11(9)16)17-5-4-15(20)18-14-7-10(2)22-19-14/h6-8,17H,4-5H2,1-3H3,(H,18,19,20). The Hall–Kier alpha value is -2.21. The lowest BCUT2D eigenvalue weighted by atomic mass is 10.2. The molecular formula is C15H18ClN3O3. The third-order valence-corrected chi connectivity index (χ3v) is 3.45. The van der Waals surface area contributed by atoms with Crippen LogP contribution in [0.3, 0.4) is 0 Å². The number of rotatable bonds is 6. The SMILES string of the molecule is COc1cc(Cl)c(C)cc1NCCC(=O)Nc1cc(C)on1. The largest absolute Gasteiger partial charge is 0.495 e. The minimum atomic E-state index is -0.148. The molecule has 1 aromatic heterocycles. The van der Waals surface area contributed by atoms with E-state index in [9.17, 15) is 4.79 Å². The number of aryl methyl sites for hydroxylation is 2. The van der Waals surface area contributed by atoms with Gasteiger partial charge in [0, 0.05) is 30.1 Å². The van der Waals surface area contributed by atoms with Crippen LogP contribution in [0.4, 0.5) is 11.5 Å². The van der Waals surface area contributed by atoms with Crippen LogP contribution in [-0.2, 0) is 4.79 Å². The summed E-state index contributed by atoms with van der Waals surface area (Å²) < 4.78 is 10.2. The number of benzene rings is 1. The Balaban J connectivity index is 1.88. The molecular weight excluding hydrogens is 306 g/mol. The van der Waals surface area contributed by atoms with E-state index >= 15 is 0 Å². The van der Waals surface area contributed by atoms with Crippen molar-refractivity contribution >= 4 is 29.0 Å². The van der Waals surface area contributed by atoms with Gasteiger partial charge in [0.15, 0.2) is 5.82 Å². The second kappa shape index (κ2) is 7.17. The minimum absolute atomic E-state index is 0.148. The summed E-state index contributed by atoms with van der Waals surface area (Å²) in [6, 6.07) is 5.30. The maximum absolute atomic E-state index is 11.8. The number of nitrogens with zero attached hydrogens (tertiary/aromatic N) is 1. The fourth-order valence-electron chi connectivity index (χ4n) is 1.91. The van der Waals surface area contributed by atoms with E-state index in [1.807, 2.05) is 13.0 Å². The van der Waals surface area contributed by atoms with E-state index in [-0.39, 0.29) is 12.3 Å². The lowest BCUT2D eigenvalue weighted by molar-refractivity contribution is -0.116. The molecule has 22 heavy (non-hydrogen) atoms. The van der Waals surface area contributed by atoms with E-state index in [0.29, 0.717) is 28.9 Å². The van der Waals surface area contributed by atoms with Crippen molar-refractivity contribution in [2.45, 2.75) is 20.3 Å². The molecule has 0 fully saturated rings. The van der Waals surface area contributed by atoms with Gasteiger partial charge < -0.3 is 19.9 Å². The molecule has 2 aromatic rings. The van der Waals surface area contributed by atoms with Crippen LogP contribution in [0.5, 0.6) is 5.75 Å². The first-order chi connectivity index (χ1) is 10.5. The van der Waals surface area contributed by atoms with Gasteiger partial charge in [-0.3, -0.25) is 4.79 Å². The van der Waals surface area contributed by atoms with Crippen LogP contribution in [0.15, 0.2) is 22.7 Å². The zero-order chi connectivity index (χ0) is 16.1. The number of amides is 1. The fourth-order valence-corrected chi connectivity index (χ4v) is 2.07. The van der Waals surface area contributed by atoms with Gasteiger partial charge >= 0.3 is 0 Å². The number of methoxy groups -OCH3 is 1. The van der Waals surface area contributed by atoms with Crippen molar-refractivity contribution in [3.63, 3.8) is 0 Å². The number of aromatic nitrogens is 1. The molecule has 0 radical (unpaired) electrons. The Morgan fingerprint density at radius 3 is 2.77 bits per heavy atom. The van der Waals surface area contributed by atoms with Crippen LogP contribution in [0.25, 0.3) is 0 Å². The number of hydrogen-bond acceptors (Lipinski definition) is 5. The quantitative estimate of drug-likeness (QED) is 0.852. The van der Waals surface area contributed by atoms with Crippen LogP contribution >= 0.6 is 11.6 Å². The van der Waals surface area contributed by atoms with Crippen LogP contribution in [0, 0.1) is 13.8 Å². The first-order valence-corrected chi connectivity index (χ1v) is 7.18. The molecule has 6 nitrogen and oxygen atoms in total. The molecule has 2 rings (SSSR count). The molecule has 0 aliphatic carbocycles. The zero-order valence-corrected chi connectivity index (χ0v) is 13.5. The third kappa shape index (κ3) is 4.14. The van der Waals surface area contributed by atoms with Crippen molar-refractivity contribution in [3.05, 3.63) is 34.5 Å². The molecule has 2 N–H and O–H groups in total. The van der Waals surface area contributed by atoms with Crippen LogP contribution < -0.4 is 15.4 Å². The van der Waals surface area contributed by atoms with Gasteiger partial charge in [-0.2, -0.15) is 0 Å². The van der Waals surface area contributed by atoms with E-state index < -0.39 is 0 Å². The predicted octanol–water partition coefficient (Wildman–Crippen LogP) is 3.39. The normalized spacial score (nSPS) is 10.4. The topological polar surface area (TPSA) is 76.4 Å². The van der Waals surface area contributed by atoms with Gasteiger partial charge in [-0.05, 0) is 25.5 Å². The van der Waals surface area contributed by atoms with Crippen molar-refractivity contribution in [2.24, 2.45) is 0 Å². The molecule has 0 bridgehead atoms. The molecule has 7 heteroatoms. The second-order valence-corrected chi connectivity index (χ2v) is 5.26. The highest BCUT2D eigenvalue weighted by Gasteiger charge is 2.09. The van der Waals surface area contributed by atoms with E-state index in [1.165, 1.54) is 0 Å². The van der Waals surface area contributed by atoms with Gasteiger partial charge in [0.2, 0.25) is 5.91 Å². The average molecular weight is 324 g/mol. The highest BCUT2D eigenvalue weighted by Crippen LogP contribution is 2.30. The summed E-state index contributed by atoms with van der Waals surface area (Å²) in [5.74, 6) is 1.56. The number of carbonyl (C=O) groups excluding carboxylic acids is 1. The molecule has 0 aliphatic heterocycles.